The van der Waals surface area contributed by atoms with Crippen molar-refractivity contribution in [1.29, 1.82) is 0 Å². The number of benzene rings is 2. The Kier molecular flexibility index (Phi) is 7.26. The lowest BCUT2D eigenvalue weighted by atomic mass is 9.97. The zero-order chi connectivity index (χ0) is 25.2. The number of fused-ring (bicyclic) bond motifs is 1. The van der Waals surface area contributed by atoms with Crippen LogP contribution in [0.25, 0.3) is 10.9 Å². The monoisotopic (exact) mass is 490 g/mol. The minimum atomic E-state index is -0.364. The van der Waals surface area contributed by atoms with Gasteiger partial charge in [-0.2, -0.15) is 0 Å². The van der Waals surface area contributed by atoms with E-state index in [1.54, 1.807) is 19.1 Å². The van der Waals surface area contributed by atoms with Crippen LogP contribution in [0.3, 0.4) is 0 Å². The van der Waals surface area contributed by atoms with Crippen LogP contribution in [0, 0.1) is 13.8 Å². The normalized spacial score (nSPS) is 15.1. The summed E-state index contributed by atoms with van der Waals surface area (Å²) < 4.78 is 7.44. The van der Waals surface area contributed by atoms with Crippen molar-refractivity contribution in [3.63, 3.8) is 0 Å². The van der Waals surface area contributed by atoms with Crippen molar-refractivity contribution in [2.45, 2.75) is 32.2 Å². The lowest BCUT2D eigenvalue weighted by molar-refractivity contribution is 0.0930. The zero-order valence-corrected chi connectivity index (χ0v) is 22.2. The molecule has 1 saturated carbocycles. The van der Waals surface area contributed by atoms with Crippen LogP contribution in [0.1, 0.15) is 40.0 Å². The van der Waals surface area contributed by atoms with Crippen LogP contribution in [0.5, 0.6) is 5.75 Å². The Bertz CT molecular complexity index is 1270. The van der Waals surface area contributed by atoms with Gasteiger partial charge in [-0.3, -0.25) is 9.78 Å². The van der Waals surface area contributed by atoms with E-state index in [2.05, 4.69) is 52.0 Å². The highest BCUT2D eigenvalue weighted by molar-refractivity contribution is 7.99. The molecule has 1 amide bonds. The average Bonchev–Trinajstić information content (AvgIpc) is 3.62. The first-order valence-corrected chi connectivity index (χ1v) is 13.0. The number of hydrogen-bond donors (Lipinski definition) is 1. The topological polar surface area (TPSA) is 57.7 Å². The molecule has 0 unspecified atom stereocenters. The number of methoxy groups -OCH3 is 1. The van der Waals surface area contributed by atoms with Crippen molar-refractivity contribution in [3.05, 3.63) is 77.1 Å². The minimum absolute atomic E-state index is 0.0688. The van der Waals surface area contributed by atoms with Gasteiger partial charge in [0.2, 0.25) is 0 Å². The van der Waals surface area contributed by atoms with Gasteiger partial charge in [0.15, 0.2) is 0 Å². The van der Waals surface area contributed by atoms with E-state index < -0.39 is 0 Å². The molecule has 1 N–H and O–H groups in total. The summed E-state index contributed by atoms with van der Waals surface area (Å²) in [5.41, 5.74) is 5.38. The second-order valence-electron chi connectivity index (χ2n) is 9.23. The van der Waals surface area contributed by atoms with Gasteiger partial charge in [-0.25, -0.2) is 0 Å². The maximum Gasteiger partial charge on any atom is 0.252 e. The predicted octanol–water partition coefficient (Wildman–Crippen LogP) is 5.44. The first-order chi connectivity index (χ1) is 16.8. The van der Waals surface area contributed by atoms with E-state index in [9.17, 15) is 4.79 Å². The Hall–Kier alpha value is -3.19. The summed E-state index contributed by atoms with van der Waals surface area (Å²) in [6, 6.07) is 14.1. The molecule has 35 heavy (non-hydrogen) atoms. The van der Waals surface area contributed by atoms with Gasteiger partial charge in [0.05, 0.1) is 18.2 Å². The molecule has 1 aliphatic carbocycles. The molecule has 5 rings (SSSR count). The summed E-state index contributed by atoms with van der Waals surface area (Å²) in [6.45, 7) is 5.09. The summed E-state index contributed by atoms with van der Waals surface area (Å²) >= 11 is 1.65. The summed E-state index contributed by atoms with van der Waals surface area (Å²) in [5, 5.41) is 4.43. The molecule has 0 atom stereocenters. The highest BCUT2D eigenvalue weighted by Gasteiger charge is 2.47. The van der Waals surface area contributed by atoms with Gasteiger partial charge in [0, 0.05) is 49.2 Å². The SMILES string of the molecule is CN1C=CC1.COc1ccc(C)c(C(=O)NC2(c3cc(N(C)SC)cc4nc(C)ccc34)CC2)c1. The molecule has 0 bridgehead atoms. The van der Waals surface area contributed by atoms with Gasteiger partial charge in [0.25, 0.3) is 5.91 Å². The molecule has 7 heteroatoms. The van der Waals surface area contributed by atoms with Crippen molar-refractivity contribution < 1.29 is 9.53 Å². The number of pyridine rings is 1. The molecule has 0 saturated heterocycles. The summed E-state index contributed by atoms with van der Waals surface area (Å²) in [6.07, 6.45) is 8.06. The van der Waals surface area contributed by atoms with Crippen LogP contribution in [0.15, 0.2) is 54.7 Å². The third kappa shape index (κ3) is 5.40. The van der Waals surface area contributed by atoms with Gasteiger partial charge in [0.1, 0.15) is 5.75 Å². The van der Waals surface area contributed by atoms with Crippen LogP contribution in [0.4, 0.5) is 5.69 Å². The highest BCUT2D eigenvalue weighted by atomic mass is 32.2. The number of amides is 1. The zero-order valence-electron chi connectivity index (χ0n) is 21.4. The van der Waals surface area contributed by atoms with Gasteiger partial charge >= 0.3 is 0 Å². The molecular weight excluding hydrogens is 456 g/mol. The van der Waals surface area contributed by atoms with E-state index in [4.69, 9.17) is 9.72 Å². The molecule has 1 aromatic heterocycles. The lowest BCUT2D eigenvalue weighted by Crippen LogP contribution is -2.35. The number of carbonyl (C=O) groups is 1. The van der Waals surface area contributed by atoms with Crippen molar-refractivity contribution in [2.75, 3.05) is 38.3 Å². The number of anilines is 1. The number of aromatic nitrogens is 1. The number of aryl methyl sites for hydroxylation is 2. The largest absolute Gasteiger partial charge is 0.497 e. The summed E-state index contributed by atoms with van der Waals surface area (Å²) in [7, 11) is 5.72. The second kappa shape index (κ2) is 10.2. The fourth-order valence-corrected chi connectivity index (χ4v) is 4.48. The smallest absolute Gasteiger partial charge is 0.252 e. The van der Waals surface area contributed by atoms with Gasteiger partial charge in [-0.05, 0) is 80.4 Å². The fraction of sp³-hybridized carbons (Fsp3) is 0.357. The van der Waals surface area contributed by atoms with E-state index in [-0.39, 0.29) is 11.4 Å². The van der Waals surface area contributed by atoms with Crippen LogP contribution in [-0.4, -0.2) is 49.8 Å². The molecule has 0 spiro atoms. The number of likely N-dealkylation sites (N-methyl/N-ethyl adjacent to an activating group) is 1. The number of rotatable bonds is 6. The van der Waals surface area contributed by atoms with Crippen molar-refractivity contribution in [3.8, 4) is 5.75 Å². The molecule has 1 fully saturated rings. The second-order valence-corrected chi connectivity index (χ2v) is 10.1. The maximum atomic E-state index is 13.2. The molecule has 2 aromatic carbocycles. The molecule has 2 aliphatic rings. The fourth-order valence-electron chi connectivity index (χ4n) is 4.17. The van der Waals surface area contributed by atoms with E-state index >= 15 is 0 Å². The van der Waals surface area contributed by atoms with E-state index in [1.165, 1.54) is 0 Å². The van der Waals surface area contributed by atoms with Gasteiger partial charge in [-0.15, -0.1) is 0 Å². The van der Waals surface area contributed by atoms with Crippen LogP contribution < -0.4 is 14.4 Å². The van der Waals surface area contributed by atoms with E-state index in [1.807, 2.05) is 51.4 Å². The van der Waals surface area contributed by atoms with Crippen LogP contribution in [-0.2, 0) is 5.54 Å². The third-order valence-corrected chi connectivity index (χ3v) is 7.39. The van der Waals surface area contributed by atoms with Crippen molar-refractivity contribution >= 4 is 34.4 Å². The lowest BCUT2D eigenvalue weighted by Gasteiger charge is -2.24. The first kappa shape index (κ1) is 24.9. The number of hydrogen-bond acceptors (Lipinski definition) is 6. The Morgan fingerprint density at radius 1 is 1.17 bits per heavy atom. The first-order valence-electron chi connectivity index (χ1n) is 11.8. The third-order valence-electron chi connectivity index (χ3n) is 6.63. The molecule has 3 aromatic rings. The van der Waals surface area contributed by atoms with Crippen LogP contribution in [0.2, 0.25) is 0 Å². The Labute approximate surface area is 212 Å². The minimum Gasteiger partial charge on any atom is -0.497 e. The Morgan fingerprint density at radius 3 is 2.46 bits per heavy atom. The van der Waals surface area contributed by atoms with Gasteiger partial charge < -0.3 is 19.3 Å². The number of nitrogens with one attached hydrogen (secondary N) is 1. The van der Waals surface area contributed by atoms with Crippen molar-refractivity contribution in [2.24, 2.45) is 0 Å². The van der Waals surface area contributed by atoms with E-state index in [0.717, 1.165) is 52.8 Å². The molecular formula is C28H34N4O2S. The molecule has 184 valence electrons. The number of nitrogens with zero attached hydrogens (tertiary/aromatic N) is 3. The van der Waals surface area contributed by atoms with Gasteiger partial charge in [-0.1, -0.05) is 24.1 Å². The molecule has 1 aliphatic heterocycles. The highest BCUT2D eigenvalue weighted by Crippen LogP contribution is 2.49. The molecule has 6 nitrogen and oxygen atoms in total. The number of ether oxygens (including phenoxy) is 1. The number of carbonyl (C=O) groups excluding carboxylic acids is 1. The maximum absolute atomic E-state index is 13.2. The quantitative estimate of drug-likeness (QED) is 0.465. The summed E-state index contributed by atoms with van der Waals surface area (Å²) in [5.74, 6) is 0.616. The average molecular weight is 491 g/mol. The predicted molar refractivity (Wildman–Crippen MR) is 146 cm³/mol. The Balaban J connectivity index is 0.000000514. The Morgan fingerprint density at radius 2 is 1.89 bits per heavy atom. The molecule has 0 radical (unpaired) electrons. The van der Waals surface area contributed by atoms with E-state index in [0.29, 0.717) is 11.3 Å². The molecule has 2 heterocycles. The summed E-state index contributed by atoms with van der Waals surface area (Å²) in [4.78, 5) is 20.1. The standard InChI is InChI=1S/C24H27N3O2S.C4H7N/c1-15-6-8-18(29-4)14-20(15)23(28)26-24(10-11-24)21-12-17(27(3)30-5)13-22-19(21)9-7-16(2)25-22;1-5-3-2-4-5/h6-9,12-14H,10-11H2,1-5H3,(H,26,28);2-3H,4H2,1H3. The van der Waals surface area contributed by atoms with Crippen LogP contribution >= 0.6 is 11.9 Å². The van der Waals surface area contributed by atoms with Crippen molar-refractivity contribution in [1.82, 2.24) is 15.2 Å².